The zero-order chi connectivity index (χ0) is 17.7. The normalized spacial score (nSPS) is 22.4. The van der Waals surface area contributed by atoms with Crippen LogP contribution in [0.4, 0.5) is 0 Å². The van der Waals surface area contributed by atoms with Gasteiger partial charge in [0.15, 0.2) is 0 Å². The van der Waals surface area contributed by atoms with Crippen LogP contribution in [0.25, 0.3) is 0 Å². The predicted molar refractivity (Wildman–Crippen MR) is 103 cm³/mol. The number of piperidine rings is 1. The summed E-state index contributed by atoms with van der Waals surface area (Å²) in [4.78, 5) is 15.8. The Morgan fingerprint density at radius 3 is 2.96 bits per heavy atom. The van der Waals surface area contributed by atoms with Gasteiger partial charge >= 0.3 is 0 Å². The third-order valence-electron chi connectivity index (χ3n) is 4.26. The number of hydrogen-bond donors (Lipinski definition) is 3. The average molecular weight is 470 g/mol. The minimum absolute atomic E-state index is 0.0266. The van der Waals surface area contributed by atoms with E-state index < -0.39 is 0 Å². The SMILES string of the molecule is COC(C)CO[C@H]1CNCC[C@H]1NC(=O)c1[nH]c(C)c(Cl)c1CI. The number of rotatable bonds is 7. The first-order valence-corrected chi connectivity index (χ1v) is 9.97. The first-order valence-electron chi connectivity index (χ1n) is 8.06. The van der Waals surface area contributed by atoms with E-state index in [-0.39, 0.29) is 24.2 Å². The fourth-order valence-corrected chi connectivity index (χ4v) is 3.91. The Bertz CT molecular complexity index is 567. The topological polar surface area (TPSA) is 75.4 Å². The van der Waals surface area contributed by atoms with Gasteiger partial charge in [-0.25, -0.2) is 0 Å². The Hall–Kier alpha value is -0.350. The van der Waals surface area contributed by atoms with Crippen molar-refractivity contribution in [2.45, 2.75) is 42.9 Å². The Morgan fingerprint density at radius 2 is 2.29 bits per heavy atom. The van der Waals surface area contributed by atoms with Gasteiger partial charge in [-0.1, -0.05) is 34.2 Å². The van der Waals surface area contributed by atoms with Crippen LogP contribution < -0.4 is 10.6 Å². The number of aromatic amines is 1. The lowest BCUT2D eigenvalue weighted by Gasteiger charge is -2.33. The van der Waals surface area contributed by atoms with E-state index in [0.717, 1.165) is 24.2 Å². The maximum atomic E-state index is 12.7. The first-order chi connectivity index (χ1) is 11.5. The number of nitrogens with one attached hydrogen (secondary N) is 3. The second-order valence-electron chi connectivity index (χ2n) is 6.04. The number of carbonyl (C=O) groups excluding carboxylic acids is 1. The smallest absolute Gasteiger partial charge is 0.268 e. The molecule has 1 aliphatic heterocycles. The van der Waals surface area contributed by atoms with Crippen molar-refractivity contribution in [2.24, 2.45) is 0 Å². The van der Waals surface area contributed by atoms with Gasteiger partial charge in [-0.3, -0.25) is 4.79 Å². The summed E-state index contributed by atoms with van der Waals surface area (Å²) in [5, 5.41) is 7.05. The molecule has 0 aromatic carbocycles. The standard InChI is InChI=1S/C16H25ClIN3O3/c1-9(23-3)8-24-13-7-19-5-4-12(13)21-16(22)15-11(6-18)14(17)10(2)20-15/h9,12-13,19-20H,4-8H2,1-3H3,(H,21,22)/t9?,12-,13+/m1/s1. The highest BCUT2D eigenvalue weighted by Gasteiger charge is 2.29. The number of carbonyl (C=O) groups is 1. The molecular weight excluding hydrogens is 445 g/mol. The molecule has 6 nitrogen and oxygen atoms in total. The van der Waals surface area contributed by atoms with Gasteiger partial charge in [0, 0.05) is 29.3 Å². The molecule has 1 aromatic heterocycles. The largest absolute Gasteiger partial charge is 0.379 e. The van der Waals surface area contributed by atoms with Crippen molar-refractivity contribution in [3.05, 3.63) is 22.0 Å². The van der Waals surface area contributed by atoms with Gasteiger partial charge < -0.3 is 25.1 Å². The fourth-order valence-electron chi connectivity index (χ4n) is 2.71. The van der Waals surface area contributed by atoms with Gasteiger partial charge in [-0.2, -0.15) is 0 Å². The van der Waals surface area contributed by atoms with Crippen molar-refractivity contribution < 1.29 is 14.3 Å². The highest BCUT2D eigenvalue weighted by atomic mass is 127. The van der Waals surface area contributed by atoms with Crippen LogP contribution in [0.1, 0.15) is 35.1 Å². The highest BCUT2D eigenvalue weighted by molar-refractivity contribution is 14.1. The number of ether oxygens (including phenoxy) is 2. The van der Waals surface area contributed by atoms with E-state index in [1.165, 1.54) is 0 Å². The summed E-state index contributed by atoms with van der Waals surface area (Å²) >= 11 is 8.48. The number of alkyl halides is 1. The Labute approximate surface area is 161 Å². The van der Waals surface area contributed by atoms with Gasteiger partial charge in [-0.05, 0) is 26.8 Å². The fraction of sp³-hybridized carbons (Fsp3) is 0.688. The molecule has 0 spiro atoms. The van der Waals surface area contributed by atoms with Crippen LogP contribution in [0.15, 0.2) is 0 Å². The van der Waals surface area contributed by atoms with Crippen molar-refractivity contribution in [1.29, 1.82) is 0 Å². The first kappa shape index (κ1) is 20.0. The quantitative estimate of drug-likeness (QED) is 0.423. The van der Waals surface area contributed by atoms with Crippen LogP contribution >= 0.6 is 34.2 Å². The van der Waals surface area contributed by atoms with Crippen molar-refractivity contribution in [3.8, 4) is 0 Å². The number of amides is 1. The summed E-state index contributed by atoms with van der Waals surface area (Å²) in [5.74, 6) is -0.128. The van der Waals surface area contributed by atoms with E-state index in [2.05, 4.69) is 38.2 Å². The third kappa shape index (κ3) is 4.85. The van der Waals surface area contributed by atoms with Gasteiger partial charge in [-0.15, -0.1) is 0 Å². The molecule has 0 bridgehead atoms. The molecule has 24 heavy (non-hydrogen) atoms. The number of aromatic nitrogens is 1. The van der Waals surface area contributed by atoms with Crippen LogP contribution in [0.5, 0.6) is 0 Å². The molecule has 1 saturated heterocycles. The van der Waals surface area contributed by atoms with Gasteiger partial charge in [0.05, 0.1) is 29.9 Å². The van der Waals surface area contributed by atoms with Crippen LogP contribution in [0, 0.1) is 6.92 Å². The summed E-state index contributed by atoms with van der Waals surface area (Å²) in [6, 6.07) is -0.0350. The van der Waals surface area contributed by atoms with E-state index in [9.17, 15) is 4.79 Å². The van der Waals surface area contributed by atoms with Crippen molar-refractivity contribution in [1.82, 2.24) is 15.6 Å². The lowest BCUT2D eigenvalue weighted by molar-refractivity contribution is -0.0384. The Kier molecular flexibility index (Phi) is 7.80. The lowest BCUT2D eigenvalue weighted by atomic mass is 10.0. The van der Waals surface area contributed by atoms with E-state index in [0.29, 0.717) is 28.3 Å². The zero-order valence-electron chi connectivity index (χ0n) is 14.2. The van der Waals surface area contributed by atoms with E-state index in [1.54, 1.807) is 7.11 Å². The highest BCUT2D eigenvalue weighted by Crippen LogP contribution is 2.26. The number of halogens is 2. The minimum atomic E-state index is -0.128. The maximum Gasteiger partial charge on any atom is 0.268 e. The lowest BCUT2D eigenvalue weighted by Crippen LogP contribution is -2.54. The molecular formula is C16H25ClIN3O3. The molecule has 3 atom stereocenters. The number of aryl methyl sites for hydroxylation is 1. The number of methoxy groups -OCH3 is 1. The van der Waals surface area contributed by atoms with Crippen LogP contribution in [-0.2, 0) is 13.9 Å². The van der Waals surface area contributed by atoms with E-state index in [4.69, 9.17) is 21.1 Å². The molecule has 3 N–H and O–H groups in total. The number of hydrogen-bond acceptors (Lipinski definition) is 4. The zero-order valence-corrected chi connectivity index (χ0v) is 17.2. The van der Waals surface area contributed by atoms with Crippen molar-refractivity contribution in [2.75, 3.05) is 26.8 Å². The summed E-state index contributed by atoms with van der Waals surface area (Å²) in [6.07, 6.45) is 0.777. The summed E-state index contributed by atoms with van der Waals surface area (Å²) < 4.78 is 11.8. The van der Waals surface area contributed by atoms with Gasteiger partial charge in [0.25, 0.3) is 5.91 Å². The molecule has 0 radical (unpaired) electrons. The molecule has 2 heterocycles. The Morgan fingerprint density at radius 1 is 1.54 bits per heavy atom. The molecule has 136 valence electrons. The molecule has 1 aliphatic rings. The molecule has 1 fully saturated rings. The number of H-pyrrole nitrogens is 1. The third-order valence-corrected chi connectivity index (χ3v) is 5.53. The van der Waals surface area contributed by atoms with Gasteiger partial charge in [0.2, 0.25) is 0 Å². The second kappa shape index (κ2) is 9.38. The Balaban J connectivity index is 2.04. The summed E-state index contributed by atoms with van der Waals surface area (Å²) in [5.41, 5.74) is 2.22. The molecule has 2 rings (SSSR count). The molecule has 8 heteroatoms. The minimum Gasteiger partial charge on any atom is -0.379 e. The molecule has 0 aliphatic carbocycles. The predicted octanol–water partition coefficient (Wildman–Crippen LogP) is 2.42. The van der Waals surface area contributed by atoms with Crippen molar-refractivity contribution >= 4 is 40.1 Å². The molecule has 1 amide bonds. The van der Waals surface area contributed by atoms with Crippen molar-refractivity contribution in [3.63, 3.8) is 0 Å². The van der Waals surface area contributed by atoms with Crippen LogP contribution in [0.3, 0.4) is 0 Å². The second-order valence-corrected chi connectivity index (χ2v) is 7.18. The monoisotopic (exact) mass is 469 g/mol. The van der Waals surface area contributed by atoms with E-state index in [1.807, 2.05) is 13.8 Å². The average Bonchev–Trinajstić information content (AvgIpc) is 2.88. The van der Waals surface area contributed by atoms with E-state index >= 15 is 0 Å². The van der Waals surface area contributed by atoms with Crippen LogP contribution in [-0.4, -0.2) is 55.9 Å². The molecule has 0 saturated carbocycles. The molecule has 1 unspecified atom stereocenters. The summed E-state index contributed by atoms with van der Waals surface area (Å²) in [7, 11) is 1.66. The molecule has 1 aromatic rings. The summed E-state index contributed by atoms with van der Waals surface area (Å²) in [6.45, 7) is 5.90. The maximum absolute atomic E-state index is 12.7. The van der Waals surface area contributed by atoms with Gasteiger partial charge in [0.1, 0.15) is 5.69 Å². The van der Waals surface area contributed by atoms with Crippen LogP contribution in [0.2, 0.25) is 5.02 Å².